The Kier molecular flexibility index (Phi) is 3.25. The Balaban J connectivity index is 1.60. The molecular formula is C13H17N3S. The molecular weight excluding hydrogens is 230 g/mol. The molecule has 0 spiro atoms. The van der Waals surface area contributed by atoms with Crippen molar-refractivity contribution in [2.45, 2.75) is 25.3 Å². The minimum absolute atomic E-state index is 0.710. The van der Waals surface area contributed by atoms with Gasteiger partial charge in [0.1, 0.15) is 5.00 Å². The number of nitrogens with one attached hydrogen (secondary N) is 2. The zero-order chi connectivity index (χ0) is 11.5. The molecule has 90 valence electrons. The van der Waals surface area contributed by atoms with Crippen LogP contribution in [0, 0.1) is 0 Å². The Morgan fingerprint density at radius 3 is 3.24 bits per heavy atom. The van der Waals surface area contributed by atoms with E-state index in [1.165, 1.54) is 36.2 Å². The number of hydrogen-bond donors (Lipinski definition) is 2. The maximum atomic E-state index is 4.43. The zero-order valence-electron chi connectivity index (χ0n) is 9.78. The number of fused-ring (bicyclic) bond motifs is 1. The van der Waals surface area contributed by atoms with Crippen LogP contribution in [0.5, 0.6) is 0 Å². The summed E-state index contributed by atoms with van der Waals surface area (Å²) in [5.41, 5.74) is 1.10. The molecule has 4 heteroatoms. The second kappa shape index (κ2) is 5.02. The molecule has 2 heterocycles. The zero-order valence-corrected chi connectivity index (χ0v) is 10.6. The molecule has 1 atom stereocenters. The van der Waals surface area contributed by atoms with E-state index in [9.17, 15) is 0 Å². The molecule has 0 radical (unpaired) electrons. The molecule has 1 aliphatic rings. The molecule has 0 bridgehead atoms. The normalized spacial score (nSPS) is 19.9. The van der Waals surface area contributed by atoms with E-state index in [1.54, 1.807) is 11.5 Å². The lowest BCUT2D eigenvalue weighted by Crippen LogP contribution is -2.23. The van der Waals surface area contributed by atoms with Crippen LogP contribution in [-0.2, 0) is 0 Å². The summed E-state index contributed by atoms with van der Waals surface area (Å²) in [6, 6.07) is 9.01. The molecule has 0 saturated carbocycles. The lowest BCUT2D eigenvalue weighted by atomic mass is 10.1. The van der Waals surface area contributed by atoms with E-state index in [4.69, 9.17) is 0 Å². The van der Waals surface area contributed by atoms with Crippen molar-refractivity contribution in [3.05, 3.63) is 24.3 Å². The Labute approximate surface area is 105 Å². The van der Waals surface area contributed by atoms with E-state index >= 15 is 0 Å². The van der Waals surface area contributed by atoms with Crippen molar-refractivity contribution < 1.29 is 0 Å². The average molecular weight is 247 g/mol. The Bertz CT molecular complexity index is 488. The van der Waals surface area contributed by atoms with Gasteiger partial charge in [0.05, 0.1) is 5.52 Å². The van der Waals surface area contributed by atoms with Gasteiger partial charge in [-0.05, 0) is 49.5 Å². The van der Waals surface area contributed by atoms with Crippen molar-refractivity contribution in [3.8, 4) is 0 Å². The van der Waals surface area contributed by atoms with Crippen LogP contribution in [0.4, 0.5) is 5.00 Å². The fourth-order valence-electron chi connectivity index (χ4n) is 2.38. The maximum absolute atomic E-state index is 4.43. The molecule has 1 fully saturated rings. The van der Waals surface area contributed by atoms with E-state index < -0.39 is 0 Å². The van der Waals surface area contributed by atoms with Gasteiger partial charge < -0.3 is 10.6 Å². The van der Waals surface area contributed by atoms with E-state index in [-0.39, 0.29) is 0 Å². The minimum Gasteiger partial charge on any atom is -0.375 e. The monoisotopic (exact) mass is 247 g/mol. The van der Waals surface area contributed by atoms with Gasteiger partial charge in [-0.15, -0.1) is 0 Å². The third kappa shape index (κ3) is 2.42. The fraction of sp³-hybridized carbons (Fsp3) is 0.462. The molecule has 1 saturated heterocycles. The van der Waals surface area contributed by atoms with Crippen LogP contribution >= 0.6 is 11.5 Å². The molecule has 2 N–H and O–H groups in total. The molecule has 3 rings (SSSR count). The van der Waals surface area contributed by atoms with Crippen LogP contribution in [-0.4, -0.2) is 23.5 Å². The van der Waals surface area contributed by atoms with Crippen molar-refractivity contribution in [3.63, 3.8) is 0 Å². The van der Waals surface area contributed by atoms with E-state index in [1.807, 2.05) is 6.07 Å². The first-order valence-corrected chi connectivity index (χ1v) is 7.02. The van der Waals surface area contributed by atoms with Crippen LogP contribution in [0.25, 0.3) is 10.9 Å². The quantitative estimate of drug-likeness (QED) is 0.872. The second-order valence-corrected chi connectivity index (χ2v) is 5.31. The van der Waals surface area contributed by atoms with Gasteiger partial charge in [0.15, 0.2) is 0 Å². The summed E-state index contributed by atoms with van der Waals surface area (Å²) in [7, 11) is 0. The Hall–Kier alpha value is -1.13. The van der Waals surface area contributed by atoms with Crippen molar-refractivity contribution >= 4 is 27.4 Å². The lowest BCUT2D eigenvalue weighted by molar-refractivity contribution is 0.575. The van der Waals surface area contributed by atoms with Crippen molar-refractivity contribution in [2.24, 2.45) is 0 Å². The SMILES string of the molecule is c1ccc2c(NCC[C@H]3CCCN3)snc2c1. The molecule has 0 aliphatic carbocycles. The highest BCUT2D eigenvalue weighted by atomic mass is 32.1. The van der Waals surface area contributed by atoms with Gasteiger partial charge in [0.2, 0.25) is 0 Å². The summed E-state index contributed by atoms with van der Waals surface area (Å²) in [6.07, 6.45) is 3.85. The van der Waals surface area contributed by atoms with E-state index in [2.05, 4.69) is 33.2 Å². The van der Waals surface area contributed by atoms with Gasteiger partial charge in [0, 0.05) is 18.0 Å². The maximum Gasteiger partial charge on any atom is 0.117 e. The third-order valence-corrected chi connectivity index (χ3v) is 4.16. The summed E-state index contributed by atoms with van der Waals surface area (Å²) in [6.45, 7) is 2.22. The average Bonchev–Trinajstić information content (AvgIpc) is 2.99. The number of rotatable bonds is 4. The summed E-state index contributed by atoms with van der Waals surface area (Å²) in [5, 5.41) is 9.49. The Morgan fingerprint density at radius 1 is 1.41 bits per heavy atom. The second-order valence-electron chi connectivity index (χ2n) is 4.54. The number of hydrogen-bond acceptors (Lipinski definition) is 4. The molecule has 0 unspecified atom stereocenters. The summed E-state index contributed by atoms with van der Waals surface area (Å²) < 4.78 is 4.43. The van der Waals surface area contributed by atoms with Gasteiger partial charge in [-0.1, -0.05) is 12.1 Å². The lowest BCUT2D eigenvalue weighted by Gasteiger charge is -2.10. The standard InChI is InChI=1S/C13H17N3S/c1-2-6-12-11(5-1)13(17-16-12)15-9-7-10-4-3-8-14-10/h1-2,5-6,10,14-15H,3-4,7-9H2/t10-/m1/s1. The molecule has 3 nitrogen and oxygen atoms in total. The first kappa shape index (κ1) is 11.0. The number of anilines is 1. The predicted molar refractivity (Wildman–Crippen MR) is 73.8 cm³/mol. The van der Waals surface area contributed by atoms with Crippen molar-refractivity contribution in [2.75, 3.05) is 18.4 Å². The summed E-state index contributed by atoms with van der Waals surface area (Å²) in [5.74, 6) is 0. The molecule has 1 aromatic carbocycles. The van der Waals surface area contributed by atoms with E-state index in [0.717, 1.165) is 12.1 Å². The smallest absolute Gasteiger partial charge is 0.117 e. The number of benzene rings is 1. The molecule has 2 aromatic rings. The van der Waals surface area contributed by atoms with Crippen LogP contribution < -0.4 is 10.6 Å². The van der Waals surface area contributed by atoms with Crippen LogP contribution in [0.3, 0.4) is 0 Å². The first-order chi connectivity index (χ1) is 8.43. The topological polar surface area (TPSA) is 37.0 Å². The highest BCUT2D eigenvalue weighted by molar-refractivity contribution is 7.11. The minimum atomic E-state index is 0.710. The summed E-state index contributed by atoms with van der Waals surface area (Å²) >= 11 is 1.56. The van der Waals surface area contributed by atoms with Crippen LogP contribution in [0.1, 0.15) is 19.3 Å². The van der Waals surface area contributed by atoms with Gasteiger partial charge in [-0.3, -0.25) is 0 Å². The van der Waals surface area contributed by atoms with E-state index in [0.29, 0.717) is 6.04 Å². The highest BCUT2D eigenvalue weighted by Crippen LogP contribution is 2.27. The van der Waals surface area contributed by atoms with Crippen molar-refractivity contribution in [1.29, 1.82) is 0 Å². The van der Waals surface area contributed by atoms with Gasteiger partial charge in [0.25, 0.3) is 0 Å². The molecule has 1 aliphatic heterocycles. The molecule has 0 amide bonds. The number of aromatic nitrogens is 1. The van der Waals surface area contributed by atoms with Gasteiger partial charge in [-0.25, -0.2) is 0 Å². The van der Waals surface area contributed by atoms with Crippen LogP contribution in [0.15, 0.2) is 24.3 Å². The predicted octanol–water partition coefficient (Wildman–Crippen LogP) is 2.85. The third-order valence-electron chi connectivity index (χ3n) is 3.32. The highest BCUT2D eigenvalue weighted by Gasteiger charge is 2.13. The van der Waals surface area contributed by atoms with Crippen LogP contribution in [0.2, 0.25) is 0 Å². The largest absolute Gasteiger partial charge is 0.375 e. The number of nitrogens with zero attached hydrogens (tertiary/aromatic N) is 1. The molecule has 1 aromatic heterocycles. The first-order valence-electron chi connectivity index (χ1n) is 6.25. The van der Waals surface area contributed by atoms with Gasteiger partial charge >= 0.3 is 0 Å². The molecule has 17 heavy (non-hydrogen) atoms. The van der Waals surface area contributed by atoms with Crippen molar-refractivity contribution in [1.82, 2.24) is 9.69 Å². The summed E-state index contributed by atoms with van der Waals surface area (Å²) in [4.78, 5) is 0. The van der Waals surface area contributed by atoms with Gasteiger partial charge in [-0.2, -0.15) is 4.37 Å². The fourth-order valence-corrected chi connectivity index (χ4v) is 3.17. The Morgan fingerprint density at radius 2 is 2.35 bits per heavy atom.